The average molecular weight is 455 g/mol. The molecular weight excluding hydrogens is 420 g/mol. The van der Waals surface area contributed by atoms with E-state index in [4.69, 9.17) is 9.47 Å². The normalized spacial score (nSPS) is 26.3. The molecule has 0 spiro atoms. The van der Waals surface area contributed by atoms with Gasteiger partial charge in [0, 0.05) is 23.7 Å². The molecule has 1 saturated carbocycles. The van der Waals surface area contributed by atoms with Gasteiger partial charge >= 0.3 is 5.97 Å². The molecule has 0 radical (unpaired) electrons. The second-order valence-electron chi connectivity index (χ2n) is 8.77. The molecule has 1 N–H and O–H groups in total. The van der Waals surface area contributed by atoms with Crippen LogP contribution in [0.5, 0.6) is 0 Å². The monoisotopic (exact) mass is 454 g/mol. The van der Waals surface area contributed by atoms with Crippen molar-refractivity contribution in [1.82, 2.24) is 9.29 Å². The number of sulfonamides is 1. The number of carbonyl (C=O) groups excluding carboxylic acids is 1. The summed E-state index contributed by atoms with van der Waals surface area (Å²) < 4.78 is 39.5. The van der Waals surface area contributed by atoms with Crippen molar-refractivity contribution in [2.75, 3.05) is 19.5 Å². The molecule has 1 aromatic heterocycles. The molecule has 174 valence electrons. The third-order valence-corrected chi connectivity index (χ3v) is 7.05. The van der Waals surface area contributed by atoms with Crippen LogP contribution in [-0.4, -0.2) is 50.6 Å². The molecule has 0 aromatic carbocycles. The Hall–Kier alpha value is -1.71. The lowest BCUT2D eigenvalue weighted by molar-refractivity contribution is -0.144. The molecule has 1 aliphatic carbocycles. The van der Waals surface area contributed by atoms with E-state index in [1.54, 1.807) is 11.5 Å². The molecule has 31 heavy (non-hydrogen) atoms. The number of aromatic nitrogens is 1. The van der Waals surface area contributed by atoms with Crippen molar-refractivity contribution in [3.05, 3.63) is 33.7 Å². The lowest BCUT2D eigenvalue weighted by Gasteiger charge is -2.37. The number of carbonyl (C=O) groups is 1. The molecule has 1 fully saturated rings. The number of nitrogens with one attached hydrogen (secondary N) is 1. The van der Waals surface area contributed by atoms with Crippen molar-refractivity contribution in [3.63, 3.8) is 0 Å². The summed E-state index contributed by atoms with van der Waals surface area (Å²) in [6.45, 7) is 4.26. The number of fused-ring (bicyclic) bond motifs is 1. The van der Waals surface area contributed by atoms with Gasteiger partial charge in [-0.25, -0.2) is 13.1 Å². The molecular formula is C22H34N2O6S. The zero-order valence-corrected chi connectivity index (χ0v) is 19.4. The number of esters is 1. The molecule has 3 rings (SSSR count). The molecule has 0 unspecified atom stereocenters. The number of pyridine rings is 1. The van der Waals surface area contributed by atoms with Gasteiger partial charge in [0.25, 0.3) is 5.56 Å². The van der Waals surface area contributed by atoms with Gasteiger partial charge in [-0.15, -0.1) is 0 Å². The maximum atomic E-state index is 12.9. The highest BCUT2D eigenvalue weighted by molar-refractivity contribution is 7.88. The summed E-state index contributed by atoms with van der Waals surface area (Å²) in [5, 5.41) is 0. The van der Waals surface area contributed by atoms with Crippen molar-refractivity contribution in [2.45, 2.75) is 77.0 Å². The van der Waals surface area contributed by atoms with Crippen LogP contribution >= 0.6 is 0 Å². The highest BCUT2D eigenvalue weighted by atomic mass is 32.2. The maximum absolute atomic E-state index is 12.9. The highest BCUT2D eigenvalue weighted by Gasteiger charge is 2.34. The quantitative estimate of drug-likeness (QED) is 0.603. The molecule has 2 atom stereocenters. The minimum absolute atomic E-state index is 0.0446. The first-order chi connectivity index (χ1) is 14.7. The van der Waals surface area contributed by atoms with E-state index >= 15 is 0 Å². The van der Waals surface area contributed by atoms with Gasteiger partial charge < -0.3 is 14.0 Å². The molecule has 8 nitrogen and oxygen atoms in total. The van der Waals surface area contributed by atoms with Crippen LogP contribution in [-0.2, 0) is 30.7 Å². The molecule has 0 amide bonds. The van der Waals surface area contributed by atoms with Gasteiger partial charge in [0.2, 0.25) is 10.0 Å². The molecule has 0 bridgehead atoms. The Morgan fingerprint density at radius 3 is 2.55 bits per heavy atom. The largest absolute Gasteiger partial charge is 0.466 e. The topological polar surface area (TPSA) is 104 Å². The zero-order valence-electron chi connectivity index (χ0n) is 18.6. The fourth-order valence-electron chi connectivity index (χ4n) is 4.73. The van der Waals surface area contributed by atoms with Crippen LogP contribution in [0.15, 0.2) is 16.9 Å². The average Bonchev–Trinajstić information content (AvgIpc) is 2.70. The van der Waals surface area contributed by atoms with Crippen LogP contribution in [0.4, 0.5) is 0 Å². The first-order valence-electron chi connectivity index (χ1n) is 11.1. The van der Waals surface area contributed by atoms with E-state index < -0.39 is 10.0 Å². The summed E-state index contributed by atoms with van der Waals surface area (Å²) in [5.41, 5.74) is 1.45. The summed E-state index contributed by atoms with van der Waals surface area (Å²) >= 11 is 0. The first kappa shape index (κ1) is 23.9. The SMILES string of the molecule is CCOC(=O)CC1CCC(OC[C@H]2[C@@H](NS(C)(=O)=O)CCc3ccc(C)c(=O)n32)CC1. The first-order valence-corrected chi connectivity index (χ1v) is 13.0. The molecule has 9 heteroatoms. The van der Waals surface area contributed by atoms with E-state index in [2.05, 4.69) is 4.72 Å². The molecule has 1 aliphatic heterocycles. The maximum Gasteiger partial charge on any atom is 0.306 e. The molecule has 2 aliphatic rings. The van der Waals surface area contributed by atoms with Crippen molar-refractivity contribution >= 4 is 16.0 Å². The summed E-state index contributed by atoms with van der Waals surface area (Å²) in [5.74, 6) is 0.175. The number of hydrogen-bond acceptors (Lipinski definition) is 6. The van der Waals surface area contributed by atoms with E-state index in [9.17, 15) is 18.0 Å². The van der Waals surface area contributed by atoms with Crippen LogP contribution < -0.4 is 10.3 Å². The number of ether oxygens (including phenoxy) is 2. The van der Waals surface area contributed by atoms with Crippen LogP contribution in [0.1, 0.15) is 62.7 Å². The zero-order chi connectivity index (χ0) is 22.6. The van der Waals surface area contributed by atoms with E-state index in [1.807, 2.05) is 19.1 Å². The molecule has 0 saturated heterocycles. The number of nitrogens with zero attached hydrogens (tertiary/aromatic N) is 1. The van der Waals surface area contributed by atoms with Gasteiger partial charge in [0.1, 0.15) is 0 Å². The third-order valence-electron chi connectivity index (χ3n) is 6.32. The Kier molecular flexibility index (Phi) is 7.93. The van der Waals surface area contributed by atoms with E-state index in [1.165, 1.54) is 0 Å². The van der Waals surface area contributed by atoms with Gasteiger partial charge in [0.05, 0.1) is 31.6 Å². The van der Waals surface area contributed by atoms with Gasteiger partial charge in [-0.05, 0) is 64.4 Å². The van der Waals surface area contributed by atoms with Crippen molar-refractivity contribution in [2.24, 2.45) is 5.92 Å². The Morgan fingerprint density at radius 2 is 1.90 bits per heavy atom. The van der Waals surface area contributed by atoms with E-state index in [0.717, 1.165) is 37.6 Å². The van der Waals surface area contributed by atoms with Crippen molar-refractivity contribution < 1.29 is 22.7 Å². The number of hydrogen-bond donors (Lipinski definition) is 1. The summed E-state index contributed by atoms with van der Waals surface area (Å²) in [6, 6.07) is 2.99. The van der Waals surface area contributed by atoms with E-state index in [-0.39, 0.29) is 36.3 Å². The number of aryl methyl sites for hydroxylation is 2. The standard InChI is InChI=1S/C22H34N2O6S/c1-4-29-21(25)13-16-6-10-18(11-7-16)30-14-20-19(23-31(3,27)28)12-9-17-8-5-15(2)22(26)24(17)20/h5,8,16,18-20,23H,4,6-7,9-14H2,1-3H3/t16?,18?,19-,20-/m0/s1. The third kappa shape index (κ3) is 6.40. The minimum Gasteiger partial charge on any atom is -0.466 e. The van der Waals surface area contributed by atoms with Crippen LogP contribution in [0.2, 0.25) is 0 Å². The molecule has 1 aromatic rings. The van der Waals surface area contributed by atoms with Crippen molar-refractivity contribution in [3.8, 4) is 0 Å². The highest BCUT2D eigenvalue weighted by Crippen LogP contribution is 2.31. The second-order valence-corrected chi connectivity index (χ2v) is 10.6. The van der Waals surface area contributed by atoms with Crippen LogP contribution in [0.3, 0.4) is 0 Å². The Balaban J connectivity index is 1.66. The van der Waals surface area contributed by atoms with Gasteiger partial charge in [-0.1, -0.05) is 6.07 Å². The summed E-state index contributed by atoms with van der Waals surface area (Å²) in [7, 11) is -3.41. The predicted molar refractivity (Wildman–Crippen MR) is 118 cm³/mol. The Labute approximate surface area is 184 Å². The van der Waals surface area contributed by atoms with E-state index in [0.29, 0.717) is 37.4 Å². The summed E-state index contributed by atoms with van der Waals surface area (Å²) in [4.78, 5) is 24.6. The second kappa shape index (κ2) is 10.3. The fraction of sp³-hybridized carbons (Fsp3) is 0.727. The van der Waals surface area contributed by atoms with Gasteiger partial charge in [-0.2, -0.15) is 0 Å². The number of rotatable bonds is 8. The van der Waals surface area contributed by atoms with Crippen molar-refractivity contribution in [1.29, 1.82) is 0 Å². The predicted octanol–water partition coefficient (Wildman–Crippen LogP) is 2.09. The lowest BCUT2D eigenvalue weighted by atomic mass is 9.85. The molecule has 2 heterocycles. The van der Waals surface area contributed by atoms with Gasteiger partial charge in [-0.3, -0.25) is 9.59 Å². The lowest BCUT2D eigenvalue weighted by Crippen LogP contribution is -2.49. The van der Waals surface area contributed by atoms with Crippen LogP contribution in [0.25, 0.3) is 0 Å². The van der Waals surface area contributed by atoms with Gasteiger partial charge in [0.15, 0.2) is 0 Å². The smallest absolute Gasteiger partial charge is 0.306 e. The Bertz CT molecular complexity index is 934. The minimum atomic E-state index is -3.41. The fourth-order valence-corrected chi connectivity index (χ4v) is 5.56. The summed E-state index contributed by atoms with van der Waals surface area (Å²) in [6.07, 6.45) is 6.38. The Morgan fingerprint density at radius 1 is 1.19 bits per heavy atom. The van der Waals surface area contributed by atoms with Crippen LogP contribution in [0, 0.1) is 12.8 Å².